The molecule has 0 saturated carbocycles. The number of nitrogens with one attached hydrogen (secondary N) is 1. The Labute approximate surface area is 405 Å². The highest BCUT2D eigenvalue weighted by Gasteiger charge is 2.17. The smallest absolute Gasteiger partial charge is 0.0594 e. The van der Waals surface area contributed by atoms with Crippen LogP contribution in [0.4, 0.5) is 0 Å². The van der Waals surface area contributed by atoms with E-state index in [1.807, 2.05) is 29.5 Å². The van der Waals surface area contributed by atoms with Gasteiger partial charge in [0.15, 0.2) is 0 Å². The second kappa shape index (κ2) is 29.5. The molecule has 0 radical (unpaired) electrons. The largest absolute Gasteiger partial charge is 0.379 e. The maximum absolute atomic E-state index is 5.32. The van der Waals surface area contributed by atoms with Crippen molar-refractivity contribution in [3.05, 3.63) is 71.8 Å². The van der Waals surface area contributed by atoms with Gasteiger partial charge in [-0.2, -0.15) is 20.4 Å². The Bertz CT molecular complexity index is 1790. The van der Waals surface area contributed by atoms with Crippen LogP contribution in [0, 0.1) is 0 Å². The molecule has 378 valence electrons. The number of nitrogens with zero attached hydrogens (tertiary/aromatic N) is 14. The molecule has 16 nitrogen and oxygen atoms in total. The predicted molar refractivity (Wildman–Crippen MR) is 274 cm³/mol. The van der Waals surface area contributed by atoms with E-state index in [1.54, 1.807) is 0 Å². The second-order valence-corrected chi connectivity index (χ2v) is 20.2. The number of hydrogen-bond acceptors (Lipinski definition) is 12. The first-order valence-electron chi connectivity index (χ1n) is 26.0. The fourth-order valence-electron chi connectivity index (χ4n) is 8.34. The number of aromatic nitrogens is 8. The van der Waals surface area contributed by atoms with Gasteiger partial charge in [-0.3, -0.25) is 38.3 Å². The van der Waals surface area contributed by atoms with Gasteiger partial charge in [-0.1, -0.05) is 62.3 Å². The molecule has 0 bridgehead atoms. The van der Waals surface area contributed by atoms with Crippen molar-refractivity contribution in [3.63, 3.8) is 0 Å². The zero-order chi connectivity index (χ0) is 48.0. The molecular formula is C51H93N15O. The molecule has 4 aliphatic heterocycles. The van der Waals surface area contributed by atoms with E-state index in [2.05, 4.69) is 163 Å². The Hall–Kier alpha value is -3.48. The second-order valence-electron chi connectivity index (χ2n) is 20.2. The van der Waals surface area contributed by atoms with Crippen LogP contribution in [0.5, 0.6) is 0 Å². The first-order valence-corrected chi connectivity index (χ1v) is 26.0. The number of hydrogen-bond donors (Lipinski definition) is 1. The number of rotatable bonds is 17. The van der Waals surface area contributed by atoms with Crippen molar-refractivity contribution in [2.45, 2.75) is 112 Å². The summed E-state index contributed by atoms with van der Waals surface area (Å²) in [6.45, 7) is 47.5. The van der Waals surface area contributed by atoms with Crippen LogP contribution in [-0.4, -0.2) is 213 Å². The molecule has 0 spiro atoms. The molecule has 16 heteroatoms. The molecule has 1 N–H and O–H groups in total. The van der Waals surface area contributed by atoms with E-state index in [4.69, 9.17) is 4.74 Å². The van der Waals surface area contributed by atoms with Gasteiger partial charge >= 0.3 is 0 Å². The van der Waals surface area contributed by atoms with E-state index in [0.717, 1.165) is 105 Å². The maximum atomic E-state index is 5.32. The fourth-order valence-corrected chi connectivity index (χ4v) is 8.34. The van der Waals surface area contributed by atoms with Crippen molar-refractivity contribution < 1.29 is 4.74 Å². The molecule has 0 aliphatic carbocycles. The van der Waals surface area contributed by atoms with E-state index in [9.17, 15) is 0 Å². The minimum atomic E-state index is 0.567. The Morgan fingerprint density at radius 2 is 0.716 bits per heavy atom. The van der Waals surface area contributed by atoms with Crippen molar-refractivity contribution in [1.82, 2.24) is 73.8 Å². The minimum Gasteiger partial charge on any atom is -0.379 e. The zero-order valence-electron chi connectivity index (χ0n) is 43.8. The molecule has 67 heavy (non-hydrogen) atoms. The van der Waals surface area contributed by atoms with Crippen LogP contribution < -0.4 is 5.32 Å². The molecular weight excluding hydrogens is 839 g/mol. The van der Waals surface area contributed by atoms with Gasteiger partial charge in [0.05, 0.1) is 64.2 Å². The first kappa shape index (κ1) is 54.5. The summed E-state index contributed by atoms with van der Waals surface area (Å²) in [5, 5.41) is 21.0. The van der Waals surface area contributed by atoms with E-state index in [0.29, 0.717) is 23.7 Å². The van der Waals surface area contributed by atoms with Gasteiger partial charge < -0.3 is 19.9 Å². The van der Waals surface area contributed by atoms with E-state index in [-0.39, 0.29) is 0 Å². The molecule has 4 aliphatic rings. The molecule has 4 aromatic heterocycles. The zero-order valence-corrected chi connectivity index (χ0v) is 43.8. The summed E-state index contributed by atoms with van der Waals surface area (Å²) in [5.74, 6) is 2.30. The fraction of sp³-hybridized carbons (Fsp3) is 0.765. The van der Waals surface area contributed by atoms with Crippen LogP contribution in [0.2, 0.25) is 0 Å². The predicted octanol–water partition coefficient (Wildman–Crippen LogP) is 5.15. The monoisotopic (exact) mass is 932 g/mol. The maximum Gasteiger partial charge on any atom is 0.0594 e. The molecule has 0 unspecified atom stereocenters. The standard InChI is InChI=1S/C14H26N4.C13H24N4.C12H22N4.C12H21N3O/c1-4-16-5-7-17(8-6-16)9-10-18-12-14(11-15-18)13(2)3;1-12(2)13-10-14-17(11-13)9-8-16-6-4-15(3)5-7-16;1-11(2)12-9-14-16(10-12)8-7-15-5-3-13-4-6-15;1-11(2)12-9-13-15(10-12)4-3-14-5-7-16-8-6-14/h11-13H,4-10H2,1-3H3;10-12H,4-9H2,1-3H3;9-11,13H,3-8H2,1-2H3;9-11H,3-8H2,1-2H3. The molecule has 4 aromatic rings. The van der Waals surface area contributed by atoms with Crippen LogP contribution in [0.1, 0.15) is 108 Å². The van der Waals surface area contributed by atoms with Gasteiger partial charge in [-0.05, 0) is 59.5 Å². The molecule has 0 aromatic carbocycles. The lowest BCUT2D eigenvalue weighted by molar-refractivity contribution is 0.0359. The number of ether oxygens (including phenoxy) is 1. The minimum absolute atomic E-state index is 0.567. The summed E-state index contributed by atoms with van der Waals surface area (Å²) in [6, 6.07) is 0. The van der Waals surface area contributed by atoms with E-state index < -0.39 is 0 Å². The van der Waals surface area contributed by atoms with Gasteiger partial charge in [-0.15, -0.1) is 0 Å². The summed E-state index contributed by atoms with van der Waals surface area (Å²) < 4.78 is 13.6. The molecule has 0 atom stereocenters. The van der Waals surface area contributed by atoms with Crippen molar-refractivity contribution in [1.29, 1.82) is 0 Å². The average Bonchev–Trinajstić information content (AvgIpc) is 4.19. The normalized spacial score (nSPS) is 18.5. The third-order valence-corrected chi connectivity index (χ3v) is 13.7. The van der Waals surface area contributed by atoms with Crippen LogP contribution in [0.3, 0.4) is 0 Å². The quantitative estimate of drug-likeness (QED) is 0.151. The topological polar surface area (TPSA) is 112 Å². The summed E-state index contributed by atoms with van der Waals surface area (Å²) in [4.78, 5) is 14.9. The van der Waals surface area contributed by atoms with Gasteiger partial charge in [0.1, 0.15) is 0 Å². The summed E-state index contributed by atoms with van der Waals surface area (Å²) in [7, 11) is 2.19. The van der Waals surface area contributed by atoms with Gasteiger partial charge in [0.25, 0.3) is 0 Å². The summed E-state index contributed by atoms with van der Waals surface area (Å²) in [6.07, 6.45) is 16.7. The summed E-state index contributed by atoms with van der Waals surface area (Å²) in [5.41, 5.74) is 5.33. The van der Waals surface area contributed by atoms with Crippen molar-refractivity contribution in [3.8, 4) is 0 Å². The highest BCUT2D eigenvalue weighted by atomic mass is 16.5. The van der Waals surface area contributed by atoms with Crippen LogP contribution >= 0.6 is 0 Å². The Morgan fingerprint density at radius 3 is 1.03 bits per heavy atom. The number of morpholine rings is 1. The van der Waals surface area contributed by atoms with E-state index in [1.165, 1.54) is 81.2 Å². The molecule has 0 amide bonds. The van der Waals surface area contributed by atoms with Gasteiger partial charge in [0.2, 0.25) is 0 Å². The molecule has 8 rings (SSSR count). The van der Waals surface area contributed by atoms with Crippen molar-refractivity contribution in [2.24, 2.45) is 0 Å². The average molecular weight is 932 g/mol. The lowest BCUT2D eigenvalue weighted by Gasteiger charge is -2.33. The van der Waals surface area contributed by atoms with Crippen LogP contribution in [-0.2, 0) is 30.9 Å². The van der Waals surface area contributed by atoms with Gasteiger partial charge in [0, 0.05) is 143 Å². The number of likely N-dealkylation sites (N-methyl/N-ethyl adjacent to an activating group) is 2. The van der Waals surface area contributed by atoms with Crippen LogP contribution in [0.15, 0.2) is 49.6 Å². The lowest BCUT2D eigenvalue weighted by atomic mass is 10.1. The third kappa shape index (κ3) is 20.2. The summed E-state index contributed by atoms with van der Waals surface area (Å²) >= 11 is 0. The Kier molecular flexibility index (Phi) is 24.0. The molecule has 4 saturated heterocycles. The van der Waals surface area contributed by atoms with Gasteiger partial charge in [-0.25, -0.2) is 0 Å². The highest BCUT2D eigenvalue weighted by molar-refractivity contribution is 5.10. The molecule has 4 fully saturated rings. The van der Waals surface area contributed by atoms with Crippen molar-refractivity contribution in [2.75, 3.05) is 145 Å². The Morgan fingerprint density at radius 1 is 0.418 bits per heavy atom. The Balaban J connectivity index is 0.000000167. The lowest BCUT2D eigenvalue weighted by Crippen LogP contribution is -2.46. The van der Waals surface area contributed by atoms with E-state index >= 15 is 0 Å². The first-order chi connectivity index (χ1) is 32.3. The van der Waals surface area contributed by atoms with Crippen LogP contribution in [0.25, 0.3) is 0 Å². The van der Waals surface area contributed by atoms with Crippen molar-refractivity contribution >= 4 is 0 Å². The SMILES string of the molecule is CC(C)c1cnn(CCN2CCN(C)CC2)c1.CC(C)c1cnn(CCN2CCNCC2)c1.CC(C)c1cnn(CCN2CCOCC2)c1.CCN1CCN(CCn2cc(C(C)C)cn2)CC1. The third-order valence-electron chi connectivity index (χ3n) is 13.7. The molecule has 8 heterocycles. The number of piperazine rings is 3. The highest BCUT2D eigenvalue weighted by Crippen LogP contribution is 2.15.